The van der Waals surface area contributed by atoms with E-state index >= 15 is 0 Å². The molecule has 0 aliphatic carbocycles. The van der Waals surface area contributed by atoms with Crippen molar-refractivity contribution in [3.05, 3.63) is 42.4 Å². The molecule has 32 heavy (non-hydrogen) atoms. The van der Waals surface area contributed by atoms with E-state index < -0.39 is 0 Å². The van der Waals surface area contributed by atoms with Crippen LogP contribution < -0.4 is 19.9 Å². The van der Waals surface area contributed by atoms with Crippen molar-refractivity contribution in [3.8, 4) is 5.75 Å². The number of hydrogen-bond donors (Lipinski definition) is 1. The summed E-state index contributed by atoms with van der Waals surface area (Å²) in [5.41, 5.74) is 2.16. The lowest BCUT2D eigenvalue weighted by molar-refractivity contribution is -0.126. The van der Waals surface area contributed by atoms with Crippen LogP contribution in [0.5, 0.6) is 5.75 Å². The molecule has 2 aliphatic rings. The van der Waals surface area contributed by atoms with Crippen molar-refractivity contribution >= 4 is 17.4 Å². The molecule has 1 atom stereocenters. The van der Waals surface area contributed by atoms with Crippen LogP contribution in [0.3, 0.4) is 0 Å². The number of morpholine rings is 1. The van der Waals surface area contributed by atoms with Crippen LogP contribution in [0.4, 0.5) is 11.5 Å². The number of benzene rings is 1. The summed E-state index contributed by atoms with van der Waals surface area (Å²) in [4.78, 5) is 26.4. The highest BCUT2D eigenvalue weighted by atomic mass is 16.5. The lowest BCUT2D eigenvalue weighted by Gasteiger charge is -2.36. The van der Waals surface area contributed by atoms with Gasteiger partial charge >= 0.3 is 0 Å². The SMILES string of the molecule is CC[C@H](NC(=O)C1CCN(c2cncnc2N2CCOCC2)CC1)c1ccc(OC)cc1. The molecule has 4 rings (SSSR count). The summed E-state index contributed by atoms with van der Waals surface area (Å²) in [5.74, 6) is 1.96. The number of aromatic nitrogens is 2. The zero-order valence-electron chi connectivity index (χ0n) is 19.0. The van der Waals surface area contributed by atoms with Gasteiger partial charge in [0.05, 0.1) is 38.2 Å². The summed E-state index contributed by atoms with van der Waals surface area (Å²) in [6, 6.07) is 7.95. The Labute approximate surface area is 189 Å². The van der Waals surface area contributed by atoms with E-state index in [4.69, 9.17) is 9.47 Å². The van der Waals surface area contributed by atoms with Gasteiger partial charge < -0.3 is 24.6 Å². The van der Waals surface area contributed by atoms with E-state index in [1.54, 1.807) is 13.4 Å². The van der Waals surface area contributed by atoms with Crippen LogP contribution in [0.2, 0.25) is 0 Å². The Kier molecular flexibility index (Phi) is 7.42. The van der Waals surface area contributed by atoms with Gasteiger partial charge in [-0.1, -0.05) is 19.1 Å². The first-order chi connectivity index (χ1) is 15.7. The summed E-state index contributed by atoms with van der Waals surface area (Å²) in [5, 5.41) is 3.26. The molecule has 172 valence electrons. The Balaban J connectivity index is 1.35. The van der Waals surface area contributed by atoms with Crippen molar-refractivity contribution in [2.75, 3.05) is 56.3 Å². The van der Waals surface area contributed by atoms with Crippen LogP contribution in [0, 0.1) is 5.92 Å². The second kappa shape index (κ2) is 10.6. The minimum atomic E-state index is 0.0156. The molecule has 8 nitrogen and oxygen atoms in total. The number of carbonyl (C=O) groups excluding carboxylic acids is 1. The molecule has 2 aliphatic heterocycles. The quantitative estimate of drug-likeness (QED) is 0.711. The van der Waals surface area contributed by atoms with Gasteiger partial charge in [0.25, 0.3) is 0 Å². The largest absolute Gasteiger partial charge is 0.497 e. The molecule has 0 radical (unpaired) electrons. The first-order valence-corrected chi connectivity index (χ1v) is 11.5. The molecule has 0 saturated carbocycles. The summed E-state index contributed by atoms with van der Waals surface area (Å²) >= 11 is 0. The number of methoxy groups -OCH3 is 1. The number of ether oxygens (including phenoxy) is 2. The van der Waals surface area contributed by atoms with E-state index in [2.05, 4.69) is 32.0 Å². The molecule has 0 unspecified atom stereocenters. The number of hydrogen-bond acceptors (Lipinski definition) is 7. The predicted octanol–water partition coefficient (Wildman–Crippen LogP) is 2.81. The van der Waals surface area contributed by atoms with E-state index in [9.17, 15) is 4.79 Å². The summed E-state index contributed by atoms with van der Waals surface area (Å²) in [6.45, 7) is 6.86. The minimum Gasteiger partial charge on any atom is -0.497 e. The fourth-order valence-electron chi connectivity index (χ4n) is 4.49. The fourth-order valence-corrected chi connectivity index (χ4v) is 4.49. The molecule has 2 aromatic rings. The lowest BCUT2D eigenvalue weighted by Crippen LogP contribution is -2.43. The maximum absolute atomic E-state index is 13.0. The van der Waals surface area contributed by atoms with E-state index in [0.29, 0.717) is 0 Å². The first-order valence-electron chi connectivity index (χ1n) is 11.5. The van der Waals surface area contributed by atoms with Crippen LogP contribution in [0.25, 0.3) is 0 Å². The number of nitrogens with one attached hydrogen (secondary N) is 1. The highest BCUT2D eigenvalue weighted by molar-refractivity contribution is 5.79. The maximum Gasteiger partial charge on any atom is 0.223 e. The number of carbonyl (C=O) groups is 1. The second-order valence-electron chi connectivity index (χ2n) is 8.33. The standard InChI is InChI=1S/C24H33N5O3/c1-3-21(18-4-6-20(31-2)7-5-18)27-24(30)19-8-10-28(11-9-19)22-16-25-17-26-23(22)29-12-14-32-15-13-29/h4-7,16-17,19,21H,3,8-15H2,1-2H3,(H,27,30)/t21-/m0/s1. The van der Waals surface area contributed by atoms with Gasteiger partial charge in [0.2, 0.25) is 5.91 Å². The lowest BCUT2D eigenvalue weighted by atomic mass is 9.94. The van der Waals surface area contributed by atoms with Crippen LogP contribution >= 0.6 is 0 Å². The number of amides is 1. The van der Waals surface area contributed by atoms with E-state index in [-0.39, 0.29) is 17.9 Å². The third kappa shape index (κ3) is 5.12. The summed E-state index contributed by atoms with van der Waals surface area (Å²) < 4.78 is 10.7. The zero-order chi connectivity index (χ0) is 22.3. The molecule has 1 N–H and O–H groups in total. The zero-order valence-corrected chi connectivity index (χ0v) is 19.0. The van der Waals surface area contributed by atoms with E-state index in [0.717, 1.165) is 81.5 Å². The Hall–Kier alpha value is -2.87. The third-order valence-electron chi connectivity index (χ3n) is 6.43. The number of piperidine rings is 1. The second-order valence-corrected chi connectivity index (χ2v) is 8.33. The van der Waals surface area contributed by atoms with E-state index in [1.807, 2.05) is 30.5 Å². The van der Waals surface area contributed by atoms with Gasteiger partial charge in [0.15, 0.2) is 5.82 Å². The monoisotopic (exact) mass is 439 g/mol. The van der Waals surface area contributed by atoms with Crippen molar-refractivity contribution in [1.82, 2.24) is 15.3 Å². The van der Waals surface area contributed by atoms with Gasteiger partial charge in [-0.15, -0.1) is 0 Å². The Morgan fingerprint density at radius 2 is 1.88 bits per heavy atom. The fraction of sp³-hybridized carbons (Fsp3) is 0.542. The number of nitrogens with zero attached hydrogens (tertiary/aromatic N) is 4. The van der Waals surface area contributed by atoms with Gasteiger partial charge in [-0.05, 0) is 37.0 Å². The molecule has 1 aromatic carbocycles. The highest BCUT2D eigenvalue weighted by Gasteiger charge is 2.29. The molecule has 2 fully saturated rings. The Morgan fingerprint density at radius 3 is 2.53 bits per heavy atom. The summed E-state index contributed by atoms with van der Waals surface area (Å²) in [7, 11) is 1.66. The third-order valence-corrected chi connectivity index (χ3v) is 6.43. The van der Waals surface area contributed by atoms with Gasteiger partial charge in [-0.3, -0.25) is 4.79 Å². The maximum atomic E-state index is 13.0. The normalized spacial score (nSPS) is 18.3. The molecule has 0 spiro atoms. The van der Waals surface area contributed by atoms with Crippen molar-refractivity contribution < 1.29 is 14.3 Å². The summed E-state index contributed by atoms with van der Waals surface area (Å²) in [6.07, 6.45) is 6.00. The molecular weight excluding hydrogens is 406 g/mol. The number of anilines is 2. The first kappa shape index (κ1) is 22.3. The van der Waals surface area contributed by atoms with Crippen molar-refractivity contribution in [2.24, 2.45) is 5.92 Å². The van der Waals surface area contributed by atoms with Gasteiger partial charge in [-0.25, -0.2) is 9.97 Å². The van der Waals surface area contributed by atoms with Crippen molar-refractivity contribution in [2.45, 2.75) is 32.2 Å². The van der Waals surface area contributed by atoms with Crippen molar-refractivity contribution in [1.29, 1.82) is 0 Å². The van der Waals surface area contributed by atoms with Crippen LogP contribution in [-0.2, 0) is 9.53 Å². The Bertz CT molecular complexity index is 877. The van der Waals surface area contributed by atoms with Gasteiger partial charge in [0, 0.05) is 32.1 Å². The highest BCUT2D eigenvalue weighted by Crippen LogP contribution is 2.31. The van der Waals surface area contributed by atoms with Gasteiger partial charge in [-0.2, -0.15) is 0 Å². The smallest absolute Gasteiger partial charge is 0.223 e. The number of rotatable bonds is 7. The van der Waals surface area contributed by atoms with Crippen molar-refractivity contribution in [3.63, 3.8) is 0 Å². The van der Waals surface area contributed by atoms with E-state index in [1.165, 1.54) is 0 Å². The molecule has 2 saturated heterocycles. The molecule has 1 amide bonds. The average Bonchev–Trinajstić information content (AvgIpc) is 2.88. The Morgan fingerprint density at radius 1 is 1.16 bits per heavy atom. The van der Waals surface area contributed by atoms with Gasteiger partial charge in [0.1, 0.15) is 12.1 Å². The average molecular weight is 440 g/mol. The van der Waals surface area contributed by atoms with Crippen LogP contribution in [0.15, 0.2) is 36.8 Å². The van der Waals surface area contributed by atoms with Crippen LogP contribution in [-0.4, -0.2) is 62.4 Å². The molecule has 8 heteroatoms. The molecule has 1 aromatic heterocycles. The topological polar surface area (TPSA) is 79.8 Å². The molecular formula is C24H33N5O3. The minimum absolute atomic E-state index is 0.0156. The predicted molar refractivity (Wildman–Crippen MR) is 124 cm³/mol. The molecule has 3 heterocycles. The van der Waals surface area contributed by atoms with Crippen LogP contribution in [0.1, 0.15) is 37.8 Å². The molecule has 0 bridgehead atoms.